The molecule has 0 aliphatic carbocycles. The van der Waals surface area contributed by atoms with Gasteiger partial charge in [-0.05, 0) is 24.3 Å². The van der Waals surface area contributed by atoms with Crippen molar-refractivity contribution in [1.82, 2.24) is 0 Å². The van der Waals surface area contributed by atoms with E-state index in [1.165, 1.54) is 0 Å². The van der Waals surface area contributed by atoms with Gasteiger partial charge < -0.3 is 9.05 Å². The van der Waals surface area contributed by atoms with Crippen LogP contribution >= 0.6 is 7.51 Å². The minimum Gasteiger partial charge on any atom is -0.430 e. The summed E-state index contributed by atoms with van der Waals surface area (Å²) in [6.07, 6.45) is 0. The van der Waals surface area contributed by atoms with Crippen LogP contribution in [0.5, 0.6) is 11.5 Å². The third-order valence-electron chi connectivity index (χ3n) is 2.40. The average Bonchev–Trinajstić information content (AvgIpc) is 2.68. The van der Waals surface area contributed by atoms with Gasteiger partial charge in [0.15, 0.2) is 0 Å². The monoisotopic (exact) mass is 383 g/mol. The Balaban J connectivity index is -0.000000275. The lowest BCUT2D eigenvalue weighted by molar-refractivity contribution is 0.481. The number of benzene rings is 2. The molecule has 4 heteroatoms. The maximum Gasteiger partial charge on any atom is 0.310 e. The van der Waals surface area contributed by atoms with E-state index in [-0.39, 0.29) is 14.9 Å². The molecule has 0 spiro atoms. The number of rotatable bonds is 4. The molecular formula is C22H42NO2P. The van der Waals surface area contributed by atoms with Crippen molar-refractivity contribution in [1.29, 1.82) is 0 Å². The summed E-state index contributed by atoms with van der Waals surface area (Å²) in [5.41, 5.74) is 0. The van der Waals surface area contributed by atoms with Gasteiger partial charge >= 0.3 is 7.51 Å². The number of nitrogens with zero attached hydrogens (tertiary/aromatic N) is 1. The third-order valence-corrected chi connectivity index (χ3v) is 4.23. The molecule has 0 N–H and O–H groups in total. The molecule has 0 aromatic heterocycles. The second kappa shape index (κ2) is 21.3. The van der Waals surface area contributed by atoms with E-state index in [4.69, 9.17) is 9.05 Å². The Morgan fingerprint density at radius 2 is 0.885 bits per heavy atom. The van der Waals surface area contributed by atoms with Crippen molar-refractivity contribution in [3.05, 3.63) is 60.7 Å². The maximum atomic E-state index is 5.88. The minimum absolute atomic E-state index is 0. The van der Waals surface area contributed by atoms with Gasteiger partial charge in [-0.3, -0.25) is 0 Å². The summed E-state index contributed by atoms with van der Waals surface area (Å²) >= 11 is 0. The normalized spacial score (nSPS) is 8.15. The van der Waals surface area contributed by atoms with Crippen LogP contribution in [0.3, 0.4) is 0 Å². The molecule has 2 rings (SSSR count). The van der Waals surface area contributed by atoms with Crippen LogP contribution in [0, 0.1) is 0 Å². The Hall–Kier alpha value is -1.73. The molecule has 0 fully saturated rings. The Morgan fingerprint density at radius 1 is 0.615 bits per heavy atom. The first kappa shape index (κ1) is 32.0. The van der Waals surface area contributed by atoms with E-state index in [1.54, 1.807) is 7.05 Å². The highest BCUT2D eigenvalue weighted by molar-refractivity contribution is 7.56. The first-order valence-corrected chi connectivity index (χ1v) is 10.7. The van der Waals surface area contributed by atoms with Crippen LogP contribution < -0.4 is 9.05 Å². The highest BCUT2D eigenvalue weighted by atomic mass is 31.2. The molecule has 0 saturated heterocycles. The summed E-state index contributed by atoms with van der Waals surface area (Å²) in [5, 5.41) is 0. The Morgan fingerprint density at radius 3 is 1.12 bits per heavy atom. The van der Waals surface area contributed by atoms with Crippen LogP contribution in [-0.2, 0) is 0 Å². The standard InChI is InChI=1S/C14H16NO2P.3C2H6.2CH4/c1-15-18(2,16-13-9-5-3-6-10-13)17-14-11-7-4-8-12-14;3*1-2;;/h3-12H,1-2H3;3*1-2H3;2*1H4. The van der Waals surface area contributed by atoms with Gasteiger partial charge in [-0.25, -0.2) is 4.74 Å². The summed E-state index contributed by atoms with van der Waals surface area (Å²) in [6.45, 7) is 13.9. The van der Waals surface area contributed by atoms with Crippen LogP contribution in [0.25, 0.3) is 0 Å². The van der Waals surface area contributed by atoms with Gasteiger partial charge in [-0.2, -0.15) is 0 Å². The molecule has 0 aliphatic rings. The van der Waals surface area contributed by atoms with E-state index in [0.29, 0.717) is 0 Å². The maximum absolute atomic E-state index is 5.88. The number of para-hydroxylation sites is 2. The second-order valence-corrected chi connectivity index (χ2v) is 6.18. The van der Waals surface area contributed by atoms with Crippen molar-refractivity contribution in [2.45, 2.75) is 56.4 Å². The van der Waals surface area contributed by atoms with Crippen molar-refractivity contribution in [2.24, 2.45) is 4.74 Å². The molecule has 0 atom stereocenters. The molecule has 2 aromatic rings. The molecule has 26 heavy (non-hydrogen) atoms. The zero-order chi connectivity index (χ0) is 18.8. The fourth-order valence-corrected chi connectivity index (χ4v) is 2.68. The summed E-state index contributed by atoms with van der Waals surface area (Å²) in [6, 6.07) is 19.2. The molecule has 2 aromatic carbocycles. The van der Waals surface area contributed by atoms with Gasteiger partial charge in [-0.15, -0.1) is 0 Å². The van der Waals surface area contributed by atoms with E-state index in [1.807, 2.05) is 109 Å². The van der Waals surface area contributed by atoms with Gasteiger partial charge in [0.2, 0.25) is 0 Å². The van der Waals surface area contributed by atoms with Crippen LogP contribution in [0.4, 0.5) is 0 Å². The van der Waals surface area contributed by atoms with Gasteiger partial charge in [-0.1, -0.05) is 92.8 Å². The number of hydrogen-bond acceptors (Lipinski definition) is 3. The molecule has 0 saturated carbocycles. The van der Waals surface area contributed by atoms with Crippen LogP contribution in [-0.4, -0.2) is 13.7 Å². The predicted molar refractivity (Wildman–Crippen MR) is 123 cm³/mol. The minimum atomic E-state index is -2.27. The lowest BCUT2D eigenvalue weighted by atomic mass is 10.3. The van der Waals surface area contributed by atoms with Crippen LogP contribution in [0.1, 0.15) is 56.4 Å². The van der Waals surface area contributed by atoms with E-state index in [0.717, 1.165) is 11.5 Å². The average molecular weight is 384 g/mol. The van der Waals surface area contributed by atoms with E-state index in [9.17, 15) is 0 Å². The lowest BCUT2D eigenvalue weighted by Crippen LogP contribution is -1.99. The molecule has 0 amide bonds. The zero-order valence-corrected chi connectivity index (χ0v) is 17.4. The Kier molecular flexibility index (Phi) is 26.2. The van der Waals surface area contributed by atoms with Crippen molar-refractivity contribution < 1.29 is 9.05 Å². The summed E-state index contributed by atoms with van der Waals surface area (Å²) in [4.78, 5) is 0. The summed E-state index contributed by atoms with van der Waals surface area (Å²) in [5.74, 6) is 1.55. The van der Waals surface area contributed by atoms with Gasteiger partial charge in [0.05, 0.1) is 0 Å². The molecule has 3 nitrogen and oxygen atoms in total. The number of hydrogen-bond donors (Lipinski definition) is 0. The van der Waals surface area contributed by atoms with Gasteiger partial charge in [0, 0.05) is 13.7 Å². The molecule has 0 heterocycles. The van der Waals surface area contributed by atoms with Crippen molar-refractivity contribution in [3.63, 3.8) is 0 Å². The Bertz CT molecular complexity index is 497. The molecule has 0 radical (unpaired) electrons. The van der Waals surface area contributed by atoms with E-state index >= 15 is 0 Å². The third kappa shape index (κ3) is 13.5. The highest BCUT2D eigenvalue weighted by Gasteiger charge is 2.16. The van der Waals surface area contributed by atoms with Crippen molar-refractivity contribution in [2.75, 3.05) is 13.7 Å². The van der Waals surface area contributed by atoms with E-state index in [2.05, 4.69) is 4.74 Å². The zero-order valence-electron chi connectivity index (χ0n) is 16.5. The van der Waals surface area contributed by atoms with Gasteiger partial charge in [0.1, 0.15) is 11.5 Å². The largest absolute Gasteiger partial charge is 0.430 e. The Labute approximate surface area is 164 Å². The predicted octanol–water partition coefficient (Wildman–Crippen LogP) is 8.79. The smallest absolute Gasteiger partial charge is 0.310 e. The van der Waals surface area contributed by atoms with Crippen LogP contribution in [0.15, 0.2) is 65.4 Å². The highest BCUT2D eigenvalue weighted by Crippen LogP contribution is 2.47. The SMILES string of the molecule is C.C.CC.CC.CC.CN=P(C)(Oc1ccccc1)Oc1ccccc1. The van der Waals surface area contributed by atoms with Crippen LogP contribution in [0.2, 0.25) is 0 Å². The fraction of sp³-hybridized carbons (Fsp3) is 0.455. The van der Waals surface area contributed by atoms with E-state index < -0.39 is 7.51 Å². The summed E-state index contributed by atoms with van der Waals surface area (Å²) in [7, 11) is -0.547. The first-order valence-electron chi connectivity index (χ1n) is 8.69. The lowest BCUT2D eigenvalue weighted by Gasteiger charge is -2.21. The molecule has 0 bridgehead atoms. The first-order chi connectivity index (χ1) is 11.7. The quantitative estimate of drug-likeness (QED) is 0.494. The van der Waals surface area contributed by atoms with Crippen molar-refractivity contribution >= 4 is 7.51 Å². The fourth-order valence-electron chi connectivity index (χ4n) is 1.45. The second-order valence-electron chi connectivity index (χ2n) is 3.81. The summed E-state index contributed by atoms with van der Waals surface area (Å²) < 4.78 is 16.0. The molecule has 0 aliphatic heterocycles. The van der Waals surface area contributed by atoms with Crippen molar-refractivity contribution in [3.8, 4) is 11.5 Å². The topological polar surface area (TPSA) is 30.8 Å². The molecular weight excluding hydrogens is 341 g/mol. The van der Waals surface area contributed by atoms with Gasteiger partial charge in [0.25, 0.3) is 0 Å². The molecule has 152 valence electrons. The molecule has 0 unspecified atom stereocenters.